The van der Waals surface area contributed by atoms with Crippen molar-refractivity contribution in [1.29, 1.82) is 0 Å². The highest BCUT2D eigenvalue weighted by Gasteiger charge is 2.14. The number of hydrogen-bond donors (Lipinski definition) is 2. The van der Waals surface area contributed by atoms with Crippen molar-refractivity contribution >= 4 is 5.69 Å². The standard InChI is InChI=1S/C15H25NO2/c1-4-12(2)13-5-7-14(8-6-13)16(3)15(11-18)9-10-17/h5-8,12,15,17-18H,4,9-11H2,1-3H3. The monoisotopic (exact) mass is 251 g/mol. The van der Waals surface area contributed by atoms with E-state index in [0.717, 1.165) is 12.1 Å². The number of anilines is 1. The summed E-state index contributed by atoms with van der Waals surface area (Å²) in [6, 6.07) is 8.44. The largest absolute Gasteiger partial charge is 0.396 e. The molecule has 0 heterocycles. The predicted octanol–water partition coefficient (Wildman–Crippen LogP) is 2.38. The van der Waals surface area contributed by atoms with Crippen LogP contribution in [0.25, 0.3) is 0 Å². The number of benzene rings is 1. The molecule has 2 N–H and O–H groups in total. The van der Waals surface area contributed by atoms with E-state index in [0.29, 0.717) is 12.3 Å². The van der Waals surface area contributed by atoms with Gasteiger partial charge in [-0.1, -0.05) is 26.0 Å². The maximum Gasteiger partial charge on any atom is 0.0635 e. The molecule has 0 spiro atoms. The molecule has 0 aliphatic carbocycles. The third kappa shape index (κ3) is 3.72. The van der Waals surface area contributed by atoms with Crippen LogP contribution in [-0.2, 0) is 0 Å². The number of hydrogen-bond acceptors (Lipinski definition) is 3. The van der Waals surface area contributed by atoms with Gasteiger partial charge < -0.3 is 15.1 Å². The van der Waals surface area contributed by atoms with Gasteiger partial charge in [0.1, 0.15) is 0 Å². The van der Waals surface area contributed by atoms with Gasteiger partial charge in [0.25, 0.3) is 0 Å². The Hall–Kier alpha value is -1.06. The highest BCUT2D eigenvalue weighted by atomic mass is 16.3. The van der Waals surface area contributed by atoms with E-state index in [2.05, 4.69) is 38.1 Å². The lowest BCUT2D eigenvalue weighted by molar-refractivity contribution is 0.218. The van der Waals surface area contributed by atoms with Gasteiger partial charge >= 0.3 is 0 Å². The van der Waals surface area contributed by atoms with E-state index in [9.17, 15) is 5.11 Å². The van der Waals surface area contributed by atoms with Crippen LogP contribution >= 0.6 is 0 Å². The van der Waals surface area contributed by atoms with Crippen LogP contribution in [0.3, 0.4) is 0 Å². The van der Waals surface area contributed by atoms with Crippen LogP contribution in [0.2, 0.25) is 0 Å². The number of aliphatic hydroxyl groups excluding tert-OH is 2. The normalized spacial score (nSPS) is 14.3. The lowest BCUT2D eigenvalue weighted by Gasteiger charge is -2.28. The van der Waals surface area contributed by atoms with Crippen molar-refractivity contribution in [3.05, 3.63) is 29.8 Å². The van der Waals surface area contributed by atoms with Crippen molar-refractivity contribution in [1.82, 2.24) is 0 Å². The second-order valence-corrected chi connectivity index (χ2v) is 4.86. The van der Waals surface area contributed by atoms with E-state index in [4.69, 9.17) is 5.11 Å². The van der Waals surface area contributed by atoms with Crippen LogP contribution in [0.1, 0.15) is 38.2 Å². The van der Waals surface area contributed by atoms with Crippen LogP contribution in [0.4, 0.5) is 5.69 Å². The van der Waals surface area contributed by atoms with Gasteiger partial charge in [0.15, 0.2) is 0 Å². The summed E-state index contributed by atoms with van der Waals surface area (Å²) in [6.07, 6.45) is 1.72. The van der Waals surface area contributed by atoms with Crippen molar-refractivity contribution in [3.8, 4) is 0 Å². The molecule has 0 radical (unpaired) electrons. The fourth-order valence-electron chi connectivity index (χ4n) is 2.04. The van der Waals surface area contributed by atoms with Crippen molar-refractivity contribution in [3.63, 3.8) is 0 Å². The highest BCUT2D eigenvalue weighted by Crippen LogP contribution is 2.23. The molecule has 2 atom stereocenters. The lowest BCUT2D eigenvalue weighted by atomic mass is 9.98. The van der Waals surface area contributed by atoms with Gasteiger partial charge in [-0.3, -0.25) is 0 Å². The molecule has 0 amide bonds. The molecule has 0 saturated heterocycles. The highest BCUT2D eigenvalue weighted by molar-refractivity contribution is 5.48. The third-order valence-electron chi connectivity index (χ3n) is 3.70. The van der Waals surface area contributed by atoms with Crippen molar-refractivity contribution in [2.75, 3.05) is 25.2 Å². The topological polar surface area (TPSA) is 43.7 Å². The Kier molecular flexibility index (Phi) is 6.16. The fourth-order valence-corrected chi connectivity index (χ4v) is 2.04. The molecular weight excluding hydrogens is 226 g/mol. The Balaban J connectivity index is 2.77. The number of likely N-dealkylation sites (N-methyl/N-ethyl adjacent to an activating group) is 1. The van der Waals surface area contributed by atoms with Gasteiger partial charge in [-0.15, -0.1) is 0 Å². The van der Waals surface area contributed by atoms with E-state index < -0.39 is 0 Å². The van der Waals surface area contributed by atoms with E-state index in [-0.39, 0.29) is 19.3 Å². The summed E-state index contributed by atoms with van der Waals surface area (Å²) >= 11 is 0. The fraction of sp³-hybridized carbons (Fsp3) is 0.600. The average Bonchev–Trinajstić information content (AvgIpc) is 2.43. The second kappa shape index (κ2) is 7.39. The minimum absolute atomic E-state index is 0.0237. The smallest absolute Gasteiger partial charge is 0.0635 e. The van der Waals surface area contributed by atoms with Crippen LogP contribution in [0.5, 0.6) is 0 Å². The van der Waals surface area contributed by atoms with Crippen molar-refractivity contribution in [2.45, 2.75) is 38.6 Å². The number of aliphatic hydroxyl groups is 2. The molecule has 1 aromatic carbocycles. The number of rotatable bonds is 7. The van der Waals surface area contributed by atoms with Gasteiger partial charge in [0, 0.05) is 19.3 Å². The molecule has 1 rings (SSSR count). The first kappa shape index (κ1) is 15.0. The van der Waals surface area contributed by atoms with Crippen LogP contribution in [-0.4, -0.2) is 36.5 Å². The van der Waals surface area contributed by atoms with Crippen LogP contribution in [0, 0.1) is 0 Å². The molecule has 102 valence electrons. The number of nitrogens with zero attached hydrogens (tertiary/aromatic N) is 1. The lowest BCUT2D eigenvalue weighted by Crippen LogP contribution is -2.35. The first-order chi connectivity index (χ1) is 8.63. The zero-order valence-corrected chi connectivity index (χ0v) is 11.6. The Morgan fingerprint density at radius 3 is 2.22 bits per heavy atom. The quantitative estimate of drug-likeness (QED) is 0.782. The molecule has 0 aliphatic heterocycles. The Morgan fingerprint density at radius 2 is 1.78 bits per heavy atom. The molecule has 2 unspecified atom stereocenters. The van der Waals surface area contributed by atoms with Crippen LogP contribution < -0.4 is 4.90 Å². The summed E-state index contributed by atoms with van der Waals surface area (Å²) in [6.45, 7) is 4.57. The molecule has 0 fully saturated rings. The molecule has 0 bridgehead atoms. The minimum atomic E-state index is -0.0237. The summed E-state index contributed by atoms with van der Waals surface area (Å²) in [5.41, 5.74) is 2.42. The summed E-state index contributed by atoms with van der Waals surface area (Å²) in [4.78, 5) is 2.02. The SMILES string of the molecule is CCC(C)c1ccc(N(C)C(CO)CCO)cc1. The Bertz CT molecular complexity index is 337. The maximum absolute atomic E-state index is 9.32. The van der Waals surface area contributed by atoms with Crippen molar-refractivity contribution in [2.24, 2.45) is 0 Å². The third-order valence-corrected chi connectivity index (χ3v) is 3.70. The molecule has 1 aromatic rings. The Labute approximate surface area is 110 Å². The molecule has 3 nitrogen and oxygen atoms in total. The van der Waals surface area contributed by atoms with E-state index in [1.54, 1.807) is 0 Å². The van der Waals surface area contributed by atoms with Gasteiger partial charge in [0.05, 0.1) is 12.6 Å². The zero-order valence-electron chi connectivity index (χ0n) is 11.6. The molecule has 0 saturated carbocycles. The van der Waals surface area contributed by atoms with E-state index >= 15 is 0 Å². The zero-order chi connectivity index (χ0) is 13.5. The molecule has 0 aliphatic rings. The van der Waals surface area contributed by atoms with E-state index in [1.165, 1.54) is 5.56 Å². The average molecular weight is 251 g/mol. The molecule has 0 aromatic heterocycles. The second-order valence-electron chi connectivity index (χ2n) is 4.86. The molecule has 18 heavy (non-hydrogen) atoms. The summed E-state index contributed by atoms with van der Waals surface area (Å²) in [7, 11) is 1.95. The first-order valence-corrected chi connectivity index (χ1v) is 6.68. The first-order valence-electron chi connectivity index (χ1n) is 6.68. The Morgan fingerprint density at radius 1 is 1.17 bits per heavy atom. The van der Waals surface area contributed by atoms with Gasteiger partial charge in [-0.2, -0.15) is 0 Å². The van der Waals surface area contributed by atoms with Gasteiger partial charge in [-0.25, -0.2) is 0 Å². The summed E-state index contributed by atoms with van der Waals surface area (Å²) < 4.78 is 0. The predicted molar refractivity (Wildman–Crippen MR) is 76.1 cm³/mol. The van der Waals surface area contributed by atoms with E-state index in [1.807, 2.05) is 11.9 Å². The molecule has 3 heteroatoms. The minimum Gasteiger partial charge on any atom is -0.396 e. The molecular formula is C15H25NO2. The maximum atomic E-state index is 9.32. The summed E-state index contributed by atoms with van der Waals surface area (Å²) in [5.74, 6) is 0.579. The van der Waals surface area contributed by atoms with Crippen LogP contribution in [0.15, 0.2) is 24.3 Å². The summed E-state index contributed by atoms with van der Waals surface area (Å²) in [5, 5.41) is 18.3. The van der Waals surface area contributed by atoms with Crippen molar-refractivity contribution < 1.29 is 10.2 Å². The van der Waals surface area contributed by atoms with Gasteiger partial charge in [0.2, 0.25) is 0 Å². The van der Waals surface area contributed by atoms with Gasteiger partial charge in [-0.05, 0) is 36.5 Å².